The second-order valence-corrected chi connectivity index (χ2v) is 4.54. The van der Waals surface area contributed by atoms with E-state index in [1.54, 1.807) is 12.1 Å². The Morgan fingerprint density at radius 1 is 1.47 bits per heavy atom. The molecule has 1 aromatic rings. The zero-order valence-corrected chi connectivity index (χ0v) is 9.64. The quantitative estimate of drug-likeness (QED) is 0.831. The molecule has 0 heterocycles. The molecule has 1 aromatic carbocycles. The SMILES string of the molecule is C[C@H]1C[C@H]1C(=O)NCc1cccc(C(=O)O)c1. The summed E-state index contributed by atoms with van der Waals surface area (Å²) in [6.07, 6.45) is 0.959. The van der Waals surface area contributed by atoms with Crippen LogP contribution in [0.1, 0.15) is 29.3 Å². The van der Waals surface area contributed by atoms with Crippen molar-refractivity contribution in [3.63, 3.8) is 0 Å². The van der Waals surface area contributed by atoms with Crippen molar-refractivity contribution in [3.8, 4) is 0 Å². The van der Waals surface area contributed by atoms with Crippen molar-refractivity contribution in [1.29, 1.82) is 0 Å². The Bertz CT molecular complexity index is 456. The minimum Gasteiger partial charge on any atom is -0.478 e. The number of hydrogen-bond acceptors (Lipinski definition) is 2. The molecule has 0 radical (unpaired) electrons. The van der Waals surface area contributed by atoms with Crippen LogP contribution in [-0.2, 0) is 11.3 Å². The fourth-order valence-electron chi connectivity index (χ4n) is 1.82. The number of carbonyl (C=O) groups is 2. The van der Waals surface area contributed by atoms with E-state index in [1.807, 2.05) is 6.07 Å². The summed E-state index contributed by atoms with van der Waals surface area (Å²) in [5.41, 5.74) is 1.06. The number of benzene rings is 1. The molecular formula is C13H15NO3. The lowest BCUT2D eigenvalue weighted by Gasteiger charge is -2.05. The van der Waals surface area contributed by atoms with Crippen molar-refractivity contribution in [1.82, 2.24) is 5.32 Å². The van der Waals surface area contributed by atoms with Crippen molar-refractivity contribution in [3.05, 3.63) is 35.4 Å². The van der Waals surface area contributed by atoms with Gasteiger partial charge >= 0.3 is 5.97 Å². The second-order valence-electron chi connectivity index (χ2n) is 4.54. The molecule has 90 valence electrons. The van der Waals surface area contributed by atoms with E-state index in [-0.39, 0.29) is 17.4 Å². The molecule has 2 atom stereocenters. The summed E-state index contributed by atoms with van der Waals surface area (Å²) >= 11 is 0. The van der Waals surface area contributed by atoms with Crippen LogP contribution >= 0.6 is 0 Å². The molecule has 2 N–H and O–H groups in total. The maximum absolute atomic E-state index is 11.6. The monoisotopic (exact) mass is 233 g/mol. The molecular weight excluding hydrogens is 218 g/mol. The number of carboxylic acids is 1. The zero-order valence-electron chi connectivity index (χ0n) is 9.64. The molecule has 1 saturated carbocycles. The Labute approximate surface area is 99.6 Å². The van der Waals surface area contributed by atoms with Crippen LogP contribution in [-0.4, -0.2) is 17.0 Å². The van der Waals surface area contributed by atoms with E-state index >= 15 is 0 Å². The second kappa shape index (κ2) is 4.57. The molecule has 0 aliphatic heterocycles. The lowest BCUT2D eigenvalue weighted by Crippen LogP contribution is -2.24. The van der Waals surface area contributed by atoms with Crippen LogP contribution < -0.4 is 5.32 Å². The molecule has 1 amide bonds. The molecule has 0 unspecified atom stereocenters. The van der Waals surface area contributed by atoms with Gasteiger partial charge in [0, 0.05) is 12.5 Å². The molecule has 1 aliphatic rings. The molecule has 4 nitrogen and oxygen atoms in total. The van der Waals surface area contributed by atoms with E-state index in [2.05, 4.69) is 12.2 Å². The Morgan fingerprint density at radius 2 is 2.18 bits per heavy atom. The first-order valence-corrected chi connectivity index (χ1v) is 5.68. The average Bonchev–Trinajstić information content (AvgIpc) is 3.04. The van der Waals surface area contributed by atoms with Crippen LogP contribution in [0.5, 0.6) is 0 Å². The molecule has 1 fully saturated rings. The van der Waals surface area contributed by atoms with Gasteiger partial charge < -0.3 is 10.4 Å². The number of amides is 1. The molecule has 17 heavy (non-hydrogen) atoms. The predicted molar refractivity (Wildman–Crippen MR) is 62.5 cm³/mol. The Balaban J connectivity index is 1.92. The van der Waals surface area contributed by atoms with E-state index in [1.165, 1.54) is 6.07 Å². The minimum absolute atomic E-state index is 0.0678. The molecule has 0 bridgehead atoms. The number of carbonyl (C=O) groups excluding carboxylic acids is 1. The summed E-state index contributed by atoms with van der Waals surface area (Å²) in [4.78, 5) is 22.3. The summed E-state index contributed by atoms with van der Waals surface area (Å²) in [6, 6.07) is 6.61. The fraction of sp³-hybridized carbons (Fsp3) is 0.385. The number of nitrogens with one attached hydrogen (secondary N) is 1. The summed E-state index contributed by atoms with van der Waals surface area (Å²) in [6.45, 7) is 2.44. The maximum atomic E-state index is 11.6. The first-order chi connectivity index (χ1) is 8.08. The zero-order chi connectivity index (χ0) is 12.4. The van der Waals surface area contributed by atoms with Crippen LogP contribution in [0.2, 0.25) is 0 Å². The van der Waals surface area contributed by atoms with Gasteiger partial charge in [-0.3, -0.25) is 4.79 Å². The van der Waals surface area contributed by atoms with Crippen LogP contribution in [0.15, 0.2) is 24.3 Å². The fourth-order valence-corrected chi connectivity index (χ4v) is 1.82. The smallest absolute Gasteiger partial charge is 0.335 e. The number of carboxylic acid groups (broad SMARTS) is 1. The normalized spacial score (nSPS) is 21.9. The van der Waals surface area contributed by atoms with E-state index in [0.717, 1.165) is 12.0 Å². The average molecular weight is 233 g/mol. The molecule has 0 saturated heterocycles. The van der Waals surface area contributed by atoms with E-state index in [4.69, 9.17) is 5.11 Å². The maximum Gasteiger partial charge on any atom is 0.335 e. The molecule has 0 aromatic heterocycles. The molecule has 0 spiro atoms. The van der Waals surface area contributed by atoms with Gasteiger partial charge in [0.1, 0.15) is 0 Å². The van der Waals surface area contributed by atoms with Crippen molar-refractivity contribution >= 4 is 11.9 Å². The van der Waals surface area contributed by atoms with Gasteiger partial charge in [-0.15, -0.1) is 0 Å². The summed E-state index contributed by atoms with van der Waals surface area (Å²) in [5.74, 6) is -0.245. The largest absolute Gasteiger partial charge is 0.478 e. The summed E-state index contributed by atoms with van der Waals surface area (Å²) < 4.78 is 0. The van der Waals surface area contributed by atoms with Crippen molar-refractivity contribution < 1.29 is 14.7 Å². The lowest BCUT2D eigenvalue weighted by atomic mass is 10.1. The number of rotatable bonds is 4. The highest BCUT2D eigenvalue weighted by Crippen LogP contribution is 2.37. The van der Waals surface area contributed by atoms with Gasteiger partial charge in [0.15, 0.2) is 0 Å². The minimum atomic E-state index is -0.950. The van der Waals surface area contributed by atoms with Gasteiger partial charge in [0.05, 0.1) is 5.56 Å². The van der Waals surface area contributed by atoms with Crippen molar-refractivity contribution in [2.24, 2.45) is 11.8 Å². The van der Waals surface area contributed by atoms with Crippen molar-refractivity contribution in [2.75, 3.05) is 0 Å². The van der Waals surface area contributed by atoms with E-state index < -0.39 is 5.97 Å². The highest BCUT2D eigenvalue weighted by Gasteiger charge is 2.38. The van der Waals surface area contributed by atoms with Crippen LogP contribution in [0.4, 0.5) is 0 Å². The van der Waals surface area contributed by atoms with E-state index in [9.17, 15) is 9.59 Å². The van der Waals surface area contributed by atoms with Gasteiger partial charge in [-0.2, -0.15) is 0 Å². The van der Waals surface area contributed by atoms with Gasteiger partial charge in [-0.1, -0.05) is 19.1 Å². The van der Waals surface area contributed by atoms with Crippen molar-refractivity contribution in [2.45, 2.75) is 19.9 Å². The molecule has 4 heteroatoms. The Hall–Kier alpha value is -1.84. The van der Waals surface area contributed by atoms with Crippen LogP contribution in [0.3, 0.4) is 0 Å². The third-order valence-corrected chi connectivity index (χ3v) is 3.09. The third kappa shape index (κ3) is 2.84. The van der Waals surface area contributed by atoms with E-state index in [0.29, 0.717) is 12.5 Å². The highest BCUT2D eigenvalue weighted by molar-refractivity contribution is 5.87. The third-order valence-electron chi connectivity index (χ3n) is 3.09. The predicted octanol–water partition coefficient (Wildman–Crippen LogP) is 1.66. The van der Waals surface area contributed by atoms with Gasteiger partial charge in [-0.25, -0.2) is 4.79 Å². The Kier molecular flexibility index (Phi) is 3.13. The summed E-state index contributed by atoms with van der Waals surface area (Å²) in [7, 11) is 0. The molecule has 2 rings (SSSR count). The topological polar surface area (TPSA) is 66.4 Å². The molecule has 1 aliphatic carbocycles. The van der Waals surface area contributed by atoms with Gasteiger partial charge in [0.2, 0.25) is 5.91 Å². The number of aromatic carboxylic acids is 1. The standard InChI is InChI=1S/C13H15NO3/c1-8-5-11(8)12(15)14-7-9-3-2-4-10(6-9)13(16)17/h2-4,6,8,11H,5,7H2,1H3,(H,14,15)(H,16,17)/t8-,11+/m0/s1. The van der Waals surface area contributed by atoms with Gasteiger partial charge in [0.25, 0.3) is 0 Å². The lowest BCUT2D eigenvalue weighted by molar-refractivity contribution is -0.122. The highest BCUT2D eigenvalue weighted by atomic mass is 16.4. The summed E-state index contributed by atoms with van der Waals surface area (Å²) in [5, 5.41) is 11.7. The first-order valence-electron chi connectivity index (χ1n) is 5.68. The first kappa shape index (κ1) is 11.6. The van der Waals surface area contributed by atoms with Gasteiger partial charge in [-0.05, 0) is 30.0 Å². The van der Waals surface area contributed by atoms with Crippen LogP contribution in [0.25, 0.3) is 0 Å². The van der Waals surface area contributed by atoms with Crippen LogP contribution in [0, 0.1) is 11.8 Å². The number of hydrogen-bond donors (Lipinski definition) is 2. The Morgan fingerprint density at radius 3 is 2.76 bits per heavy atom.